The lowest BCUT2D eigenvalue weighted by atomic mass is 9.95. The van der Waals surface area contributed by atoms with Crippen molar-refractivity contribution in [3.05, 3.63) is 64.1 Å². The van der Waals surface area contributed by atoms with Crippen molar-refractivity contribution >= 4 is 23.6 Å². The van der Waals surface area contributed by atoms with Crippen LogP contribution in [0.15, 0.2) is 30.7 Å². The van der Waals surface area contributed by atoms with Gasteiger partial charge in [-0.05, 0) is 64.6 Å². The predicted molar refractivity (Wildman–Crippen MR) is 135 cm³/mol. The van der Waals surface area contributed by atoms with Crippen molar-refractivity contribution in [2.45, 2.75) is 43.6 Å². The highest BCUT2D eigenvalue weighted by atomic mass is 32.2. The summed E-state index contributed by atoms with van der Waals surface area (Å²) in [4.78, 5) is 34.7. The molecule has 0 radical (unpaired) electrons. The van der Waals surface area contributed by atoms with Crippen molar-refractivity contribution < 1.29 is 14.3 Å². The van der Waals surface area contributed by atoms with Crippen molar-refractivity contribution in [1.29, 1.82) is 0 Å². The number of cyclic esters (lactones) is 1. The van der Waals surface area contributed by atoms with E-state index in [2.05, 4.69) is 43.3 Å². The molecule has 3 unspecified atom stereocenters. The minimum atomic E-state index is -0.213. The minimum absolute atomic E-state index is 0.125. The van der Waals surface area contributed by atoms with Gasteiger partial charge < -0.3 is 9.64 Å². The van der Waals surface area contributed by atoms with Crippen LogP contribution < -0.4 is 0 Å². The quantitative estimate of drug-likeness (QED) is 0.483. The van der Waals surface area contributed by atoms with Crippen molar-refractivity contribution in [2.24, 2.45) is 0 Å². The number of amides is 1. The van der Waals surface area contributed by atoms with Gasteiger partial charge in [0.2, 0.25) is 5.91 Å². The number of hydrogen-bond acceptors (Lipinski definition) is 9. The second kappa shape index (κ2) is 8.91. The zero-order valence-electron chi connectivity index (χ0n) is 20.5. The molecule has 5 heterocycles. The average Bonchev–Trinajstić information content (AvgIpc) is 3.68. The Bertz CT molecular complexity index is 1400. The molecule has 190 valence electrons. The molecule has 10 nitrogen and oxygen atoms in total. The average molecular weight is 518 g/mol. The van der Waals surface area contributed by atoms with Crippen molar-refractivity contribution in [3.63, 3.8) is 0 Å². The molecule has 0 N–H and O–H groups in total. The lowest BCUT2D eigenvalue weighted by Gasteiger charge is -2.46. The first-order chi connectivity index (χ1) is 18.1. The highest BCUT2D eigenvalue weighted by Gasteiger charge is 2.39. The summed E-state index contributed by atoms with van der Waals surface area (Å²) in [5, 5.41) is 11.6. The van der Waals surface area contributed by atoms with Gasteiger partial charge in [0.25, 0.3) is 0 Å². The van der Waals surface area contributed by atoms with Crippen LogP contribution in [0.4, 0.5) is 0 Å². The number of piperazine rings is 1. The molecule has 3 aliphatic heterocycles. The molecule has 3 atom stereocenters. The number of thioether (sulfide) groups is 1. The molecule has 1 amide bonds. The van der Waals surface area contributed by atoms with Gasteiger partial charge in [0, 0.05) is 55.0 Å². The fourth-order valence-corrected chi connectivity index (χ4v) is 7.74. The molecule has 0 spiro atoms. The number of benzene rings is 1. The number of fused-ring (bicyclic) bond motifs is 3. The van der Waals surface area contributed by atoms with E-state index in [4.69, 9.17) is 4.74 Å². The number of nitrogens with zero attached hydrogens (tertiary/aromatic N) is 7. The van der Waals surface area contributed by atoms with Gasteiger partial charge in [0.05, 0.1) is 11.5 Å². The summed E-state index contributed by atoms with van der Waals surface area (Å²) in [5.74, 6) is 1.55. The third kappa shape index (κ3) is 3.83. The molecule has 1 aliphatic carbocycles. The smallest absolute Gasteiger partial charge is 0.338 e. The number of carbonyl (C=O) groups is 2. The van der Waals surface area contributed by atoms with Crippen LogP contribution >= 0.6 is 11.8 Å². The summed E-state index contributed by atoms with van der Waals surface area (Å²) in [6.45, 7) is 5.86. The summed E-state index contributed by atoms with van der Waals surface area (Å²) < 4.78 is 6.79. The topological polar surface area (TPSA) is 106 Å². The number of carbonyl (C=O) groups excluding carboxylic acids is 2. The normalized spacial score (nSPS) is 24.9. The van der Waals surface area contributed by atoms with Crippen LogP contribution in [-0.2, 0) is 22.6 Å². The number of esters is 1. The molecule has 37 heavy (non-hydrogen) atoms. The van der Waals surface area contributed by atoms with Crippen LogP contribution in [0.1, 0.15) is 55.8 Å². The maximum absolute atomic E-state index is 13.6. The second-order valence-corrected chi connectivity index (χ2v) is 11.5. The first-order valence-electron chi connectivity index (χ1n) is 12.7. The number of aryl methyl sites for hydroxylation is 1. The largest absolute Gasteiger partial charge is 0.457 e. The minimum Gasteiger partial charge on any atom is -0.457 e. The number of rotatable bonds is 3. The maximum atomic E-state index is 13.6. The second-order valence-electron chi connectivity index (χ2n) is 10.2. The SMILES string of the molecule is Cc1c(C2CN3CCN(C(=O)C4CCc5cc(-n6cnnn6)ncc54)CC3CS2)ccc2c1COC2=O. The van der Waals surface area contributed by atoms with Crippen LogP contribution in [0.25, 0.3) is 5.82 Å². The summed E-state index contributed by atoms with van der Waals surface area (Å²) in [6.07, 6.45) is 5.04. The Balaban J connectivity index is 1.02. The van der Waals surface area contributed by atoms with Gasteiger partial charge in [-0.25, -0.2) is 9.78 Å². The van der Waals surface area contributed by atoms with E-state index in [0.717, 1.165) is 61.5 Å². The molecule has 0 saturated carbocycles. The molecule has 3 aromatic rings. The number of hydrogen-bond donors (Lipinski definition) is 0. The van der Waals surface area contributed by atoms with E-state index >= 15 is 0 Å². The van der Waals surface area contributed by atoms with E-state index in [1.807, 2.05) is 30.1 Å². The summed E-state index contributed by atoms with van der Waals surface area (Å²) >= 11 is 1.96. The van der Waals surface area contributed by atoms with Gasteiger partial charge in [0.15, 0.2) is 5.82 Å². The van der Waals surface area contributed by atoms with Gasteiger partial charge in [-0.3, -0.25) is 9.69 Å². The Morgan fingerprint density at radius 3 is 2.97 bits per heavy atom. The first kappa shape index (κ1) is 22.9. The molecule has 2 aromatic heterocycles. The molecule has 2 saturated heterocycles. The van der Waals surface area contributed by atoms with E-state index in [1.165, 1.54) is 17.5 Å². The van der Waals surface area contributed by atoms with Crippen LogP contribution in [-0.4, -0.2) is 84.8 Å². The van der Waals surface area contributed by atoms with E-state index < -0.39 is 0 Å². The van der Waals surface area contributed by atoms with Gasteiger partial charge in [0.1, 0.15) is 12.9 Å². The third-order valence-electron chi connectivity index (χ3n) is 8.33. The highest BCUT2D eigenvalue weighted by molar-refractivity contribution is 7.99. The highest BCUT2D eigenvalue weighted by Crippen LogP contribution is 2.41. The third-order valence-corrected chi connectivity index (χ3v) is 9.71. The Kier molecular flexibility index (Phi) is 5.51. The zero-order chi connectivity index (χ0) is 25.1. The summed E-state index contributed by atoms with van der Waals surface area (Å²) in [7, 11) is 0. The number of aromatic nitrogens is 5. The molecule has 11 heteroatoms. The van der Waals surface area contributed by atoms with Crippen molar-refractivity contribution in [2.75, 3.05) is 31.9 Å². The summed E-state index contributed by atoms with van der Waals surface area (Å²) in [5.41, 5.74) is 6.43. The van der Waals surface area contributed by atoms with E-state index in [0.29, 0.717) is 29.3 Å². The number of tetrazole rings is 1. The molecule has 1 aromatic carbocycles. The predicted octanol–water partition coefficient (Wildman–Crippen LogP) is 2.07. The van der Waals surface area contributed by atoms with Crippen molar-refractivity contribution in [1.82, 2.24) is 35.0 Å². The van der Waals surface area contributed by atoms with E-state index in [9.17, 15) is 9.59 Å². The number of pyridine rings is 1. The zero-order valence-corrected chi connectivity index (χ0v) is 21.4. The Labute approximate surface area is 218 Å². The van der Waals surface area contributed by atoms with Crippen LogP contribution in [0, 0.1) is 6.92 Å². The van der Waals surface area contributed by atoms with Crippen LogP contribution in [0.2, 0.25) is 0 Å². The lowest BCUT2D eigenvalue weighted by Crippen LogP contribution is -2.58. The fraction of sp³-hybridized carbons (Fsp3) is 0.462. The van der Waals surface area contributed by atoms with E-state index in [-0.39, 0.29) is 17.8 Å². The molecule has 4 aliphatic rings. The molecular formula is C26H27N7O3S. The number of ether oxygens (including phenoxy) is 1. The van der Waals surface area contributed by atoms with Gasteiger partial charge in [-0.1, -0.05) is 6.07 Å². The Morgan fingerprint density at radius 1 is 1.19 bits per heavy atom. The monoisotopic (exact) mass is 517 g/mol. The van der Waals surface area contributed by atoms with E-state index in [1.54, 1.807) is 4.68 Å². The lowest BCUT2D eigenvalue weighted by molar-refractivity contribution is -0.135. The van der Waals surface area contributed by atoms with Crippen molar-refractivity contribution in [3.8, 4) is 5.82 Å². The van der Waals surface area contributed by atoms with Gasteiger partial charge in [-0.15, -0.1) is 5.10 Å². The first-order valence-corrected chi connectivity index (χ1v) is 13.8. The summed E-state index contributed by atoms with van der Waals surface area (Å²) in [6, 6.07) is 6.39. The van der Waals surface area contributed by atoms with Crippen LogP contribution in [0.5, 0.6) is 0 Å². The van der Waals surface area contributed by atoms with Crippen LogP contribution in [0.3, 0.4) is 0 Å². The fourth-order valence-electron chi connectivity index (χ4n) is 6.24. The van der Waals surface area contributed by atoms with Gasteiger partial charge >= 0.3 is 5.97 Å². The standard InChI is InChI=1S/C26H27N7O3S/c1-15-18(4-5-20-22(15)12-36-26(20)35)23-11-31-6-7-32(10-17(31)13-37-23)25(34)19-3-2-16-8-24(27-9-21(16)19)33-14-28-29-30-33/h4-5,8-9,14,17,19,23H,2-3,6-7,10-13H2,1H3. The molecule has 2 fully saturated rings. The Morgan fingerprint density at radius 2 is 2.11 bits per heavy atom. The molecule has 7 rings (SSSR count). The molecule has 0 bridgehead atoms. The Hall–Kier alpha value is -3.31. The van der Waals surface area contributed by atoms with Gasteiger partial charge in [-0.2, -0.15) is 16.4 Å². The maximum Gasteiger partial charge on any atom is 0.338 e. The molecular weight excluding hydrogens is 490 g/mol.